The Kier molecular flexibility index (Phi) is 6.87. The minimum atomic E-state index is 0.0392. The predicted molar refractivity (Wildman–Crippen MR) is 100 cm³/mol. The Morgan fingerprint density at radius 1 is 1.00 bits per heavy atom. The third-order valence-electron chi connectivity index (χ3n) is 4.37. The third-order valence-corrected chi connectivity index (χ3v) is 4.37. The Bertz CT molecular complexity index is 683. The molecule has 0 aliphatic rings. The van der Waals surface area contributed by atoms with Crippen LogP contribution in [0.15, 0.2) is 48.5 Å². The molecular weight excluding hydrogens is 314 g/mol. The average molecular weight is 341 g/mol. The Hall–Kier alpha value is -2.49. The second kappa shape index (κ2) is 9.11. The maximum atomic E-state index is 12.2. The highest BCUT2D eigenvalue weighted by Crippen LogP contribution is 2.33. The van der Waals surface area contributed by atoms with E-state index in [4.69, 9.17) is 9.47 Å². The Labute approximate surface area is 150 Å². The summed E-state index contributed by atoms with van der Waals surface area (Å²) in [5.41, 5.74) is 2.15. The summed E-state index contributed by atoms with van der Waals surface area (Å²) in [6.45, 7) is 4.91. The maximum absolute atomic E-state index is 12.2. The van der Waals surface area contributed by atoms with Crippen LogP contribution < -0.4 is 14.8 Å². The van der Waals surface area contributed by atoms with Crippen molar-refractivity contribution in [2.24, 2.45) is 5.92 Å². The molecular formula is C21H27NO3. The average Bonchev–Trinajstić information content (AvgIpc) is 2.62. The number of rotatable bonds is 8. The van der Waals surface area contributed by atoms with Crippen LogP contribution in [0, 0.1) is 5.92 Å². The van der Waals surface area contributed by atoms with Gasteiger partial charge in [0.25, 0.3) is 0 Å². The lowest BCUT2D eigenvalue weighted by atomic mass is 9.88. The molecule has 0 saturated heterocycles. The van der Waals surface area contributed by atoms with E-state index in [1.54, 1.807) is 14.2 Å². The van der Waals surface area contributed by atoms with Gasteiger partial charge in [-0.2, -0.15) is 0 Å². The van der Waals surface area contributed by atoms with Gasteiger partial charge in [0.2, 0.25) is 5.91 Å². The zero-order valence-corrected chi connectivity index (χ0v) is 15.4. The van der Waals surface area contributed by atoms with Crippen molar-refractivity contribution < 1.29 is 14.3 Å². The fourth-order valence-electron chi connectivity index (χ4n) is 2.89. The Morgan fingerprint density at radius 3 is 2.28 bits per heavy atom. The first-order valence-electron chi connectivity index (χ1n) is 8.57. The minimum Gasteiger partial charge on any atom is -0.493 e. The monoisotopic (exact) mass is 341 g/mol. The number of carbonyl (C=O) groups excluding carboxylic acids is 1. The molecule has 0 heterocycles. The molecule has 0 bridgehead atoms. The molecule has 25 heavy (non-hydrogen) atoms. The normalized spacial score (nSPS) is 11.9. The van der Waals surface area contributed by atoms with Crippen molar-refractivity contribution >= 4 is 5.91 Å². The van der Waals surface area contributed by atoms with E-state index in [0.29, 0.717) is 30.4 Å². The number of carbonyl (C=O) groups is 1. The van der Waals surface area contributed by atoms with Crippen LogP contribution in [0.4, 0.5) is 0 Å². The van der Waals surface area contributed by atoms with E-state index < -0.39 is 0 Å². The van der Waals surface area contributed by atoms with Crippen LogP contribution in [-0.4, -0.2) is 26.7 Å². The molecule has 0 saturated carbocycles. The summed E-state index contributed by atoms with van der Waals surface area (Å²) < 4.78 is 10.7. The molecule has 2 rings (SSSR count). The van der Waals surface area contributed by atoms with Crippen molar-refractivity contribution in [2.75, 3.05) is 20.8 Å². The van der Waals surface area contributed by atoms with Crippen molar-refractivity contribution in [2.45, 2.75) is 26.2 Å². The highest BCUT2D eigenvalue weighted by Gasteiger charge is 2.19. The first kappa shape index (κ1) is 18.8. The standard InChI is InChI=1S/C21H27NO3/c1-15(2)18(17-10-11-19(24-3)20(13-17)25-4)14-22-21(23)12-16-8-6-5-7-9-16/h5-11,13,15,18H,12,14H2,1-4H3,(H,22,23). The fourth-order valence-corrected chi connectivity index (χ4v) is 2.89. The van der Waals surface area contributed by atoms with Gasteiger partial charge in [0.05, 0.1) is 20.6 Å². The van der Waals surface area contributed by atoms with Gasteiger partial charge in [-0.1, -0.05) is 50.2 Å². The van der Waals surface area contributed by atoms with Crippen LogP contribution in [0.2, 0.25) is 0 Å². The van der Waals surface area contributed by atoms with E-state index in [9.17, 15) is 4.79 Å². The summed E-state index contributed by atoms with van der Waals surface area (Å²) >= 11 is 0. The first-order chi connectivity index (χ1) is 12.0. The van der Waals surface area contributed by atoms with Gasteiger partial charge in [0.1, 0.15) is 0 Å². The van der Waals surface area contributed by atoms with Gasteiger partial charge in [-0.25, -0.2) is 0 Å². The molecule has 0 radical (unpaired) electrons. The summed E-state index contributed by atoms with van der Waals surface area (Å²) in [5.74, 6) is 2.05. The zero-order valence-electron chi connectivity index (χ0n) is 15.4. The van der Waals surface area contributed by atoms with Crippen LogP contribution in [0.5, 0.6) is 11.5 Å². The predicted octanol–water partition coefficient (Wildman–Crippen LogP) is 3.80. The van der Waals surface area contributed by atoms with Gasteiger partial charge in [0.15, 0.2) is 11.5 Å². The van der Waals surface area contributed by atoms with Gasteiger partial charge in [-0.15, -0.1) is 0 Å². The van der Waals surface area contributed by atoms with E-state index in [-0.39, 0.29) is 11.8 Å². The number of methoxy groups -OCH3 is 2. The molecule has 4 nitrogen and oxygen atoms in total. The van der Waals surface area contributed by atoms with Crippen LogP contribution >= 0.6 is 0 Å². The number of benzene rings is 2. The smallest absolute Gasteiger partial charge is 0.224 e. The quantitative estimate of drug-likeness (QED) is 0.794. The number of ether oxygens (including phenoxy) is 2. The second-order valence-electron chi connectivity index (χ2n) is 6.43. The number of hydrogen-bond acceptors (Lipinski definition) is 3. The molecule has 0 aliphatic heterocycles. The van der Waals surface area contributed by atoms with E-state index >= 15 is 0 Å². The van der Waals surface area contributed by atoms with Crippen LogP contribution in [-0.2, 0) is 11.2 Å². The Morgan fingerprint density at radius 2 is 1.68 bits per heavy atom. The molecule has 1 N–H and O–H groups in total. The third kappa shape index (κ3) is 5.24. The van der Waals surface area contributed by atoms with Gasteiger partial charge >= 0.3 is 0 Å². The van der Waals surface area contributed by atoms with E-state index in [0.717, 1.165) is 11.1 Å². The first-order valence-corrected chi connectivity index (χ1v) is 8.57. The van der Waals surface area contributed by atoms with Crippen molar-refractivity contribution in [3.63, 3.8) is 0 Å². The van der Waals surface area contributed by atoms with Crippen LogP contribution in [0.3, 0.4) is 0 Å². The number of hydrogen-bond donors (Lipinski definition) is 1. The van der Waals surface area contributed by atoms with Crippen molar-refractivity contribution in [1.29, 1.82) is 0 Å². The van der Waals surface area contributed by atoms with E-state index in [1.807, 2.05) is 48.5 Å². The molecule has 134 valence electrons. The van der Waals surface area contributed by atoms with Gasteiger partial charge in [-0.3, -0.25) is 4.79 Å². The highest BCUT2D eigenvalue weighted by atomic mass is 16.5. The molecule has 0 spiro atoms. The summed E-state index contributed by atoms with van der Waals surface area (Å²) in [7, 11) is 3.26. The fraction of sp³-hybridized carbons (Fsp3) is 0.381. The lowest BCUT2D eigenvalue weighted by Gasteiger charge is -2.23. The molecule has 1 amide bonds. The lowest BCUT2D eigenvalue weighted by molar-refractivity contribution is -0.120. The maximum Gasteiger partial charge on any atom is 0.224 e. The largest absolute Gasteiger partial charge is 0.493 e. The van der Waals surface area contributed by atoms with Crippen LogP contribution in [0.1, 0.15) is 30.9 Å². The van der Waals surface area contributed by atoms with Gasteiger partial charge in [0, 0.05) is 12.5 Å². The molecule has 0 fully saturated rings. The molecule has 1 atom stereocenters. The summed E-state index contributed by atoms with van der Waals surface area (Å²) in [5, 5.41) is 3.07. The van der Waals surface area contributed by atoms with E-state index in [2.05, 4.69) is 19.2 Å². The van der Waals surface area contributed by atoms with Crippen molar-refractivity contribution in [1.82, 2.24) is 5.32 Å². The zero-order chi connectivity index (χ0) is 18.2. The van der Waals surface area contributed by atoms with Crippen molar-refractivity contribution in [3.8, 4) is 11.5 Å². The van der Waals surface area contributed by atoms with Gasteiger partial charge < -0.3 is 14.8 Å². The molecule has 1 unspecified atom stereocenters. The minimum absolute atomic E-state index is 0.0392. The molecule has 0 aromatic heterocycles. The summed E-state index contributed by atoms with van der Waals surface area (Å²) in [6, 6.07) is 15.7. The number of amides is 1. The lowest BCUT2D eigenvalue weighted by Crippen LogP contribution is -2.31. The molecule has 4 heteroatoms. The SMILES string of the molecule is COc1ccc(C(CNC(=O)Cc2ccccc2)C(C)C)cc1OC. The number of nitrogens with one attached hydrogen (secondary N) is 1. The molecule has 2 aromatic rings. The second-order valence-corrected chi connectivity index (χ2v) is 6.43. The topological polar surface area (TPSA) is 47.6 Å². The molecule has 0 aliphatic carbocycles. The van der Waals surface area contributed by atoms with Crippen molar-refractivity contribution in [3.05, 3.63) is 59.7 Å². The highest BCUT2D eigenvalue weighted by molar-refractivity contribution is 5.78. The van der Waals surface area contributed by atoms with E-state index in [1.165, 1.54) is 0 Å². The molecule has 2 aromatic carbocycles. The summed E-state index contributed by atoms with van der Waals surface area (Å²) in [6.07, 6.45) is 0.400. The Balaban J connectivity index is 2.04. The van der Waals surface area contributed by atoms with Crippen LogP contribution in [0.25, 0.3) is 0 Å². The van der Waals surface area contributed by atoms with Gasteiger partial charge in [-0.05, 0) is 29.2 Å². The summed E-state index contributed by atoms with van der Waals surface area (Å²) in [4.78, 5) is 12.2.